The normalized spacial score (nSPS) is 29.4. The van der Waals surface area contributed by atoms with Crippen molar-refractivity contribution in [2.75, 3.05) is 0 Å². The molecule has 4 atom stereocenters. The van der Waals surface area contributed by atoms with E-state index in [0.29, 0.717) is 23.4 Å². The first-order valence-electron chi connectivity index (χ1n) is 8.48. The van der Waals surface area contributed by atoms with Crippen LogP contribution in [0.4, 0.5) is 0 Å². The highest BCUT2D eigenvalue weighted by Crippen LogP contribution is 2.48. The lowest BCUT2D eigenvalue weighted by Gasteiger charge is -2.26. The molecule has 0 aliphatic carbocycles. The van der Waals surface area contributed by atoms with Gasteiger partial charge in [0.05, 0.1) is 12.2 Å². The molecule has 124 valence electrons. The first-order valence-corrected chi connectivity index (χ1v) is 9.36. The molecule has 3 rings (SSSR count). The molecule has 4 heteroatoms. The van der Waals surface area contributed by atoms with Crippen molar-refractivity contribution < 1.29 is 14.6 Å². The largest absolute Gasteiger partial charge is 0.481 e. The average Bonchev–Trinajstić information content (AvgIpc) is 3.14. The van der Waals surface area contributed by atoms with Crippen LogP contribution in [0.25, 0.3) is 0 Å². The minimum atomic E-state index is -0.709. The smallest absolute Gasteiger partial charge is 0.303 e. The summed E-state index contributed by atoms with van der Waals surface area (Å²) in [4.78, 5) is 11.8. The van der Waals surface area contributed by atoms with Gasteiger partial charge in [0.1, 0.15) is 0 Å². The Balaban J connectivity index is 1.52. The van der Waals surface area contributed by atoms with Crippen molar-refractivity contribution in [1.82, 2.24) is 0 Å². The van der Waals surface area contributed by atoms with Crippen LogP contribution in [0.2, 0.25) is 0 Å². The molecule has 2 bridgehead atoms. The fourth-order valence-electron chi connectivity index (χ4n) is 3.58. The van der Waals surface area contributed by atoms with E-state index in [4.69, 9.17) is 9.84 Å². The molecule has 0 unspecified atom stereocenters. The fourth-order valence-corrected chi connectivity index (χ4v) is 5.02. The number of allylic oxidation sites excluding steroid dienone is 2. The number of aliphatic carboxylic acids is 1. The topological polar surface area (TPSA) is 46.5 Å². The van der Waals surface area contributed by atoms with Crippen molar-refractivity contribution in [3.8, 4) is 0 Å². The Labute approximate surface area is 142 Å². The maximum atomic E-state index is 10.5. The second-order valence-electron chi connectivity index (χ2n) is 6.34. The molecule has 1 aromatic carbocycles. The van der Waals surface area contributed by atoms with E-state index in [1.807, 2.05) is 11.8 Å². The molecule has 2 fully saturated rings. The van der Waals surface area contributed by atoms with Crippen molar-refractivity contribution in [2.45, 2.75) is 60.9 Å². The van der Waals surface area contributed by atoms with Gasteiger partial charge in [-0.1, -0.05) is 30.4 Å². The van der Waals surface area contributed by atoms with Gasteiger partial charge < -0.3 is 9.84 Å². The number of carboxylic acids is 1. The van der Waals surface area contributed by atoms with Gasteiger partial charge in [-0.2, -0.15) is 0 Å². The third-order valence-electron chi connectivity index (χ3n) is 4.70. The van der Waals surface area contributed by atoms with E-state index in [-0.39, 0.29) is 6.42 Å². The van der Waals surface area contributed by atoms with Crippen LogP contribution in [0.5, 0.6) is 0 Å². The molecular weight excluding hydrogens is 308 g/mol. The predicted octanol–water partition coefficient (Wildman–Crippen LogP) is 4.53. The number of unbranched alkanes of at least 4 members (excludes halogenated alkanes) is 1. The van der Waals surface area contributed by atoms with Gasteiger partial charge in [-0.3, -0.25) is 4.79 Å². The van der Waals surface area contributed by atoms with Gasteiger partial charge in [0.15, 0.2) is 0 Å². The van der Waals surface area contributed by atoms with Crippen molar-refractivity contribution >= 4 is 17.7 Å². The van der Waals surface area contributed by atoms with E-state index < -0.39 is 5.97 Å². The van der Waals surface area contributed by atoms with E-state index in [2.05, 4.69) is 42.5 Å². The maximum absolute atomic E-state index is 10.5. The van der Waals surface area contributed by atoms with E-state index in [1.165, 1.54) is 17.7 Å². The summed E-state index contributed by atoms with van der Waals surface area (Å²) in [5, 5.41) is 9.19. The summed E-state index contributed by atoms with van der Waals surface area (Å²) >= 11 is 1.96. The number of carbonyl (C=O) groups is 1. The Kier molecular flexibility index (Phi) is 5.79. The minimum absolute atomic E-state index is 0.258. The van der Waals surface area contributed by atoms with Crippen molar-refractivity contribution in [2.24, 2.45) is 5.92 Å². The number of hydrogen-bond acceptors (Lipinski definition) is 3. The summed E-state index contributed by atoms with van der Waals surface area (Å²) in [6.45, 7) is 0. The van der Waals surface area contributed by atoms with Gasteiger partial charge >= 0.3 is 5.97 Å². The molecule has 0 spiro atoms. The summed E-state index contributed by atoms with van der Waals surface area (Å²) in [7, 11) is 0. The zero-order chi connectivity index (χ0) is 16.1. The summed E-state index contributed by atoms with van der Waals surface area (Å²) in [6, 6.07) is 10.6. The molecule has 2 heterocycles. The molecule has 2 aliphatic heterocycles. The third-order valence-corrected chi connectivity index (χ3v) is 6.17. The highest BCUT2D eigenvalue weighted by atomic mass is 32.2. The summed E-state index contributed by atoms with van der Waals surface area (Å²) in [5.41, 5.74) is 0. The number of fused-ring (bicyclic) bond motifs is 2. The lowest BCUT2D eigenvalue weighted by molar-refractivity contribution is -0.137. The molecule has 23 heavy (non-hydrogen) atoms. The number of benzene rings is 1. The van der Waals surface area contributed by atoms with Crippen molar-refractivity contribution in [3.63, 3.8) is 0 Å². The van der Waals surface area contributed by atoms with Crippen LogP contribution in [0.15, 0.2) is 47.4 Å². The van der Waals surface area contributed by atoms with Crippen LogP contribution in [0, 0.1) is 5.92 Å². The molecule has 0 radical (unpaired) electrons. The lowest BCUT2D eigenvalue weighted by atomic mass is 9.86. The summed E-state index contributed by atoms with van der Waals surface area (Å²) in [5.74, 6) is -0.131. The van der Waals surface area contributed by atoms with Crippen molar-refractivity contribution in [3.05, 3.63) is 42.5 Å². The Morgan fingerprint density at radius 3 is 2.78 bits per heavy atom. The summed E-state index contributed by atoms with van der Waals surface area (Å²) < 4.78 is 6.15. The van der Waals surface area contributed by atoms with E-state index in [1.54, 1.807) is 0 Å². The standard InChI is InChI=1S/C19H24O3S/c20-18(21)11-7-2-1-6-10-15-16-12-13-17(22-16)19(15)23-14-8-4-3-5-9-14/h1,3-6,8-9,15-17,19H,2,7,10-13H2,(H,20,21)/b6-1-/t15-,16+,17-,19-/m0/s1. The zero-order valence-electron chi connectivity index (χ0n) is 13.3. The molecule has 2 aliphatic rings. The van der Waals surface area contributed by atoms with Crippen LogP contribution in [0.1, 0.15) is 38.5 Å². The van der Waals surface area contributed by atoms with Crippen LogP contribution in [-0.2, 0) is 9.53 Å². The zero-order valence-corrected chi connectivity index (χ0v) is 14.1. The third kappa shape index (κ3) is 4.39. The van der Waals surface area contributed by atoms with Gasteiger partial charge in [-0.05, 0) is 44.2 Å². The molecule has 1 aromatic rings. The first kappa shape index (κ1) is 16.6. The van der Waals surface area contributed by atoms with E-state index in [9.17, 15) is 4.79 Å². The van der Waals surface area contributed by atoms with Gasteiger partial charge in [0.2, 0.25) is 0 Å². The predicted molar refractivity (Wildman–Crippen MR) is 92.7 cm³/mol. The second-order valence-corrected chi connectivity index (χ2v) is 7.59. The lowest BCUT2D eigenvalue weighted by Crippen LogP contribution is -2.29. The van der Waals surface area contributed by atoms with Crippen LogP contribution < -0.4 is 0 Å². The SMILES string of the molecule is O=C(O)CCC/C=C\C[C@@H]1[C@H](Sc2ccccc2)[C@@H]2CC[C@H]1O2. The highest BCUT2D eigenvalue weighted by Gasteiger charge is 2.48. The number of ether oxygens (including phenoxy) is 1. The molecule has 3 nitrogen and oxygen atoms in total. The quantitative estimate of drug-likeness (QED) is 0.561. The van der Waals surface area contributed by atoms with Gasteiger partial charge in [0, 0.05) is 22.5 Å². The molecule has 0 amide bonds. The first-order chi connectivity index (χ1) is 11.2. The number of thioether (sulfide) groups is 1. The molecule has 1 N–H and O–H groups in total. The maximum Gasteiger partial charge on any atom is 0.303 e. The van der Waals surface area contributed by atoms with Crippen molar-refractivity contribution in [1.29, 1.82) is 0 Å². The Hall–Kier alpha value is -1.26. The Bertz CT molecular complexity index is 543. The van der Waals surface area contributed by atoms with Crippen LogP contribution in [-0.4, -0.2) is 28.5 Å². The second kappa shape index (κ2) is 8.02. The molecule has 0 saturated carbocycles. The fraction of sp³-hybridized carbons (Fsp3) is 0.526. The molecule has 2 saturated heterocycles. The Morgan fingerprint density at radius 2 is 2.00 bits per heavy atom. The van der Waals surface area contributed by atoms with Gasteiger partial charge in [0.25, 0.3) is 0 Å². The molecule has 0 aromatic heterocycles. The number of hydrogen-bond donors (Lipinski definition) is 1. The minimum Gasteiger partial charge on any atom is -0.481 e. The van der Waals surface area contributed by atoms with E-state index in [0.717, 1.165) is 19.3 Å². The van der Waals surface area contributed by atoms with Crippen LogP contribution >= 0.6 is 11.8 Å². The highest BCUT2D eigenvalue weighted by molar-refractivity contribution is 8.00. The van der Waals surface area contributed by atoms with Gasteiger partial charge in [-0.15, -0.1) is 11.8 Å². The number of rotatable bonds is 8. The average molecular weight is 332 g/mol. The number of carboxylic acid groups (broad SMARTS) is 1. The Morgan fingerprint density at radius 1 is 1.22 bits per heavy atom. The van der Waals surface area contributed by atoms with Gasteiger partial charge in [-0.25, -0.2) is 0 Å². The van der Waals surface area contributed by atoms with E-state index >= 15 is 0 Å². The monoisotopic (exact) mass is 332 g/mol. The molecular formula is C19H24O3S. The summed E-state index contributed by atoms with van der Waals surface area (Å²) in [6.07, 6.45) is 10.4. The van der Waals surface area contributed by atoms with Crippen LogP contribution in [0.3, 0.4) is 0 Å².